The lowest BCUT2D eigenvalue weighted by atomic mass is 10.0. The molecule has 1 aromatic carbocycles. The molecule has 6 heteroatoms. The molecule has 1 aliphatic heterocycles. The topological polar surface area (TPSA) is 54.0 Å². The van der Waals surface area contributed by atoms with Gasteiger partial charge in [-0.15, -0.1) is 0 Å². The first kappa shape index (κ1) is 24.2. The van der Waals surface area contributed by atoms with E-state index in [-0.39, 0.29) is 5.78 Å². The van der Waals surface area contributed by atoms with E-state index < -0.39 is 32.9 Å². The van der Waals surface area contributed by atoms with Gasteiger partial charge < -0.3 is 18.6 Å². The van der Waals surface area contributed by atoms with Crippen LogP contribution in [0.25, 0.3) is 0 Å². The Labute approximate surface area is 177 Å². The van der Waals surface area contributed by atoms with Crippen LogP contribution in [0.5, 0.6) is 0 Å². The van der Waals surface area contributed by atoms with Gasteiger partial charge in [0.25, 0.3) is 0 Å². The Morgan fingerprint density at radius 1 is 0.966 bits per heavy atom. The molecule has 0 amide bonds. The zero-order valence-corrected chi connectivity index (χ0v) is 20.2. The van der Waals surface area contributed by atoms with E-state index in [0.29, 0.717) is 23.2 Å². The zero-order chi connectivity index (χ0) is 21.8. The zero-order valence-electron chi connectivity index (χ0n) is 19.2. The van der Waals surface area contributed by atoms with Crippen LogP contribution < -0.4 is 0 Å². The van der Waals surface area contributed by atoms with E-state index in [0.717, 1.165) is 5.56 Å². The molecule has 164 valence electrons. The Morgan fingerprint density at radius 2 is 1.52 bits per heavy atom. The van der Waals surface area contributed by atoms with Gasteiger partial charge in [-0.25, -0.2) is 0 Å². The molecule has 0 radical (unpaired) electrons. The Bertz CT molecular complexity index is 624. The van der Waals surface area contributed by atoms with Gasteiger partial charge in [0.1, 0.15) is 6.10 Å². The molecule has 5 nitrogen and oxygen atoms in total. The third kappa shape index (κ3) is 5.17. The summed E-state index contributed by atoms with van der Waals surface area (Å²) in [5.41, 5.74) is 2.18. The summed E-state index contributed by atoms with van der Waals surface area (Å²) in [7, 11) is -0.708. The maximum Gasteiger partial charge on any atom is 0.201 e. The molecule has 29 heavy (non-hydrogen) atoms. The van der Waals surface area contributed by atoms with Gasteiger partial charge in [-0.3, -0.25) is 4.79 Å². The number of carbonyl (C=O) groups is 1. The first-order valence-corrected chi connectivity index (χ1v) is 12.8. The van der Waals surface area contributed by atoms with Crippen molar-refractivity contribution in [2.75, 3.05) is 7.11 Å². The normalized spacial score (nSPS) is 26.0. The van der Waals surface area contributed by atoms with Crippen LogP contribution in [-0.4, -0.2) is 45.8 Å². The summed E-state index contributed by atoms with van der Waals surface area (Å²) in [6.45, 7) is 15.5. The van der Waals surface area contributed by atoms with Crippen molar-refractivity contribution in [2.45, 2.75) is 96.3 Å². The molecule has 0 unspecified atom stereocenters. The predicted octanol–water partition coefficient (Wildman–Crippen LogP) is 5.09. The van der Waals surface area contributed by atoms with Gasteiger partial charge in [-0.1, -0.05) is 71.9 Å². The van der Waals surface area contributed by atoms with Crippen molar-refractivity contribution >= 4 is 14.1 Å². The molecule has 0 saturated carbocycles. The fourth-order valence-electron chi connectivity index (χ4n) is 4.77. The van der Waals surface area contributed by atoms with Crippen molar-refractivity contribution in [2.24, 2.45) is 0 Å². The van der Waals surface area contributed by atoms with Gasteiger partial charge in [0.15, 0.2) is 18.2 Å². The van der Waals surface area contributed by atoms with Crippen molar-refractivity contribution in [3.63, 3.8) is 0 Å². The van der Waals surface area contributed by atoms with Gasteiger partial charge in [0.05, 0.1) is 12.7 Å². The molecule has 0 aliphatic carbocycles. The first-order chi connectivity index (χ1) is 13.6. The van der Waals surface area contributed by atoms with Crippen LogP contribution in [0.1, 0.15) is 54.0 Å². The first-order valence-electron chi connectivity index (χ1n) is 10.7. The number of methoxy groups -OCH3 is 1. The standard InChI is InChI=1S/C23H38O5Si/c1-15(2)29(16(3)4,17(5)6)28-21-18(7)27-23(22(25-8)20(21)24)26-14-19-12-10-9-11-13-19/h9-13,15-18,21-23H,14H2,1-8H3/t18-,21-,22+,23+/m0/s1. The van der Waals surface area contributed by atoms with Crippen LogP contribution in [0.4, 0.5) is 0 Å². The van der Waals surface area contributed by atoms with Crippen LogP contribution in [0.2, 0.25) is 16.6 Å². The van der Waals surface area contributed by atoms with E-state index in [2.05, 4.69) is 41.5 Å². The molecule has 1 aromatic rings. The van der Waals surface area contributed by atoms with Gasteiger partial charge >= 0.3 is 0 Å². The van der Waals surface area contributed by atoms with Crippen molar-refractivity contribution in [1.82, 2.24) is 0 Å². The molecule has 0 bridgehead atoms. The quantitative estimate of drug-likeness (QED) is 0.519. The van der Waals surface area contributed by atoms with E-state index in [9.17, 15) is 4.79 Å². The summed E-state index contributed by atoms with van der Waals surface area (Å²) in [5.74, 6) is -0.0804. The maximum absolute atomic E-state index is 13.3. The van der Waals surface area contributed by atoms with E-state index in [1.807, 2.05) is 37.3 Å². The average Bonchev–Trinajstić information content (AvgIpc) is 2.66. The Kier molecular flexibility index (Phi) is 8.61. The molecule has 1 fully saturated rings. The largest absolute Gasteiger partial charge is 0.403 e. The van der Waals surface area contributed by atoms with Gasteiger partial charge in [0.2, 0.25) is 8.32 Å². The highest BCUT2D eigenvalue weighted by molar-refractivity contribution is 6.77. The van der Waals surface area contributed by atoms with Crippen molar-refractivity contribution in [3.05, 3.63) is 35.9 Å². The van der Waals surface area contributed by atoms with Crippen LogP contribution in [-0.2, 0) is 30.0 Å². The second-order valence-electron chi connectivity index (χ2n) is 8.92. The van der Waals surface area contributed by atoms with Crippen molar-refractivity contribution in [3.8, 4) is 0 Å². The van der Waals surface area contributed by atoms with Gasteiger partial charge in [-0.2, -0.15) is 0 Å². The summed E-state index contributed by atoms with van der Waals surface area (Å²) in [6, 6.07) is 9.84. The van der Waals surface area contributed by atoms with Gasteiger partial charge in [-0.05, 0) is 29.1 Å². The summed E-state index contributed by atoms with van der Waals surface area (Å²) in [5, 5.41) is 0. The fraction of sp³-hybridized carbons (Fsp3) is 0.696. The lowest BCUT2D eigenvalue weighted by Gasteiger charge is -2.47. The number of ketones is 1. The SMILES string of the molecule is CO[C@@H]1C(=O)[C@@H](O[Si](C(C)C)(C(C)C)C(C)C)[C@H](C)O[C@H]1OCc1ccccc1. The molecule has 2 rings (SSSR count). The van der Waals surface area contributed by atoms with Gasteiger partial charge in [0, 0.05) is 7.11 Å². The predicted molar refractivity (Wildman–Crippen MR) is 117 cm³/mol. The Hall–Kier alpha value is -1.05. The monoisotopic (exact) mass is 422 g/mol. The molecule has 0 N–H and O–H groups in total. The summed E-state index contributed by atoms with van der Waals surface area (Å²) in [4.78, 5) is 13.3. The summed E-state index contributed by atoms with van der Waals surface area (Å²) < 4.78 is 24.3. The highest BCUT2D eigenvalue weighted by atomic mass is 28.4. The minimum atomic E-state index is -2.23. The number of Topliss-reactive ketones (excluding diaryl/α,β-unsaturated/α-hetero) is 1. The highest BCUT2D eigenvalue weighted by Crippen LogP contribution is 2.44. The van der Waals surface area contributed by atoms with E-state index >= 15 is 0 Å². The third-order valence-electron chi connectivity index (χ3n) is 6.13. The molecular weight excluding hydrogens is 384 g/mol. The highest BCUT2D eigenvalue weighted by Gasteiger charge is 2.52. The number of benzene rings is 1. The number of hydrogen-bond acceptors (Lipinski definition) is 5. The Morgan fingerprint density at radius 3 is 2.00 bits per heavy atom. The second kappa shape index (κ2) is 10.3. The molecule has 0 spiro atoms. The number of hydrogen-bond donors (Lipinski definition) is 0. The van der Waals surface area contributed by atoms with Crippen LogP contribution >= 0.6 is 0 Å². The van der Waals surface area contributed by atoms with Crippen LogP contribution in [0, 0.1) is 0 Å². The summed E-state index contributed by atoms with van der Waals surface area (Å²) >= 11 is 0. The van der Waals surface area contributed by atoms with E-state index in [1.54, 1.807) is 0 Å². The number of carbonyl (C=O) groups excluding carboxylic acids is 1. The lowest BCUT2D eigenvalue weighted by Crippen LogP contribution is -2.61. The minimum Gasteiger partial charge on any atom is -0.403 e. The number of ether oxygens (including phenoxy) is 3. The minimum absolute atomic E-state index is 0.0804. The van der Waals surface area contributed by atoms with E-state index in [4.69, 9.17) is 18.6 Å². The molecule has 0 aromatic heterocycles. The average molecular weight is 423 g/mol. The van der Waals surface area contributed by atoms with E-state index in [1.165, 1.54) is 7.11 Å². The smallest absolute Gasteiger partial charge is 0.201 e. The third-order valence-corrected chi connectivity index (χ3v) is 12.2. The van der Waals surface area contributed by atoms with Crippen molar-refractivity contribution in [1.29, 1.82) is 0 Å². The number of rotatable bonds is 9. The molecule has 4 atom stereocenters. The van der Waals surface area contributed by atoms with Crippen LogP contribution in [0.15, 0.2) is 30.3 Å². The fourth-order valence-corrected chi connectivity index (χ4v) is 10.3. The molecule has 1 saturated heterocycles. The molecule has 1 heterocycles. The lowest BCUT2D eigenvalue weighted by molar-refractivity contribution is -0.253. The molecular formula is C23H38O5Si. The Balaban J connectivity index is 2.19. The molecule has 1 aliphatic rings. The van der Waals surface area contributed by atoms with Crippen molar-refractivity contribution < 1.29 is 23.4 Å². The maximum atomic E-state index is 13.3. The van der Waals surface area contributed by atoms with Crippen LogP contribution in [0.3, 0.4) is 0 Å². The summed E-state index contributed by atoms with van der Waals surface area (Å²) in [6.07, 6.45) is -2.55. The second-order valence-corrected chi connectivity index (χ2v) is 14.3.